The summed E-state index contributed by atoms with van der Waals surface area (Å²) in [5, 5.41) is 12.5. The Kier molecular flexibility index (Phi) is 6.77. The van der Waals surface area contributed by atoms with Crippen molar-refractivity contribution in [3.63, 3.8) is 0 Å². The molecule has 36 heavy (non-hydrogen) atoms. The van der Waals surface area contributed by atoms with Crippen molar-refractivity contribution in [1.29, 1.82) is 5.26 Å². The number of nitrogens with one attached hydrogen (secondary N) is 1. The fourth-order valence-electron chi connectivity index (χ4n) is 4.18. The third kappa shape index (κ3) is 4.41. The maximum absolute atomic E-state index is 15.1. The molecule has 0 bridgehead atoms. The second kappa shape index (κ2) is 9.79. The van der Waals surface area contributed by atoms with Crippen molar-refractivity contribution in [3.05, 3.63) is 92.4 Å². The Morgan fingerprint density at radius 3 is 2.39 bits per heavy atom. The monoisotopic (exact) mass is 512 g/mol. The normalized spacial score (nSPS) is 17.1. The van der Waals surface area contributed by atoms with E-state index in [1.165, 1.54) is 55.3 Å². The van der Waals surface area contributed by atoms with Gasteiger partial charge in [0.1, 0.15) is 35.2 Å². The van der Waals surface area contributed by atoms with E-state index in [4.69, 9.17) is 16.3 Å². The van der Waals surface area contributed by atoms with Gasteiger partial charge >= 0.3 is 0 Å². The summed E-state index contributed by atoms with van der Waals surface area (Å²) in [5.74, 6) is -4.75. The number of aromatic nitrogens is 1. The van der Waals surface area contributed by atoms with Gasteiger partial charge < -0.3 is 19.5 Å². The molecule has 1 aromatic heterocycles. The molecule has 1 N–H and O–H groups in total. The van der Waals surface area contributed by atoms with Gasteiger partial charge in [0.15, 0.2) is 0 Å². The fraction of sp³-hybridized carbons (Fsp3) is 0.200. The zero-order valence-corrected chi connectivity index (χ0v) is 19.8. The predicted molar refractivity (Wildman–Crippen MR) is 127 cm³/mol. The summed E-state index contributed by atoms with van der Waals surface area (Å²) >= 11 is 5.87. The van der Waals surface area contributed by atoms with Gasteiger partial charge in [-0.25, -0.2) is 8.78 Å². The van der Waals surface area contributed by atoms with E-state index >= 15 is 8.78 Å². The molecule has 11 heteroatoms. The summed E-state index contributed by atoms with van der Waals surface area (Å²) in [5.41, 5.74) is -1.28. The quantitative estimate of drug-likeness (QED) is 0.565. The number of anilines is 1. The molecule has 3 aromatic rings. The summed E-state index contributed by atoms with van der Waals surface area (Å²) in [6.07, 6.45) is 1.37. The summed E-state index contributed by atoms with van der Waals surface area (Å²) in [6, 6.07) is 9.53. The van der Waals surface area contributed by atoms with Gasteiger partial charge in [0.05, 0.1) is 12.7 Å². The lowest BCUT2D eigenvalue weighted by Crippen LogP contribution is -2.44. The van der Waals surface area contributed by atoms with Crippen LogP contribution in [0.3, 0.4) is 0 Å². The summed E-state index contributed by atoms with van der Waals surface area (Å²) < 4.78 is 36.2. The zero-order valence-electron chi connectivity index (χ0n) is 19.1. The SMILES string of the molecule is COc1cc(F)c([C@@H]2CN(c3c(C#N)ccn(C)c3=O)C(=O)[C@H]2NC(=O)c2ccc(Cl)cc2)c(F)c1. The summed E-state index contributed by atoms with van der Waals surface area (Å²) in [4.78, 5) is 40.4. The van der Waals surface area contributed by atoms with Gasteiger partial charge in [-0.15, -0.1) is 0 Å². The number of rotatable bonds is 5. The largest absolute Gasteiger partial charge is 0.497 e. The number of amides is 2. The Hall–Kier alpha value is -4.23. The van der Waals surface area contributed by atoms with Crippen LogP contribution in [0, 0.1) is 23.0 Å². The average Bonchev–Trinajstić information content (AvgIpc) is 3.15. The number of pyridine rings is 1. The third-order valence-electron chi connectivity index (χ3n) is 6.00. The zero-order chi connectivity index (χ0) is 26.1. The topological polar surface area (TPSA) is 104 Å². The Balaban J connectivity index is 1.82. The molecule has 2 aromatic carbocycles. The van der Waals surface area contributed by atoms with Crippen LogP contribution in [0.5, 0.6) is 5.75 Å². The summed E-state index contributed by atoms with van der Waals surface area (Å²) in [7, 11) is 2.69. The molecule has 8 nitrogen and oxygen atoms in total. The third-order valence-corrected chi connectivity index (χ3v) is 6.25. The Bertz CT molecular complexity index is 1440. The van der Waals surface area contributed by atoms with Crippen molar-refractivity contribution in [1.82, 2.24) is 9.88 Å². The van der Waals surface area contributed by atoms with E-state index in [2.05, 4.69) is 5.32 Å². The van der Waals surface area contributed by atoms with E-state index in [1.54, 1.807) is 0 Å². The van der Waals surface area contributed by atoms with Crippen LogP contribution < -0.4 is 20.5 Å². The smallest absolute Gasteiger partial charge is 0.275 e. The van der Waals surface area contributed by atoms with Crippen LogP contribution in [0.15, 0.2) is 53.5 Å². The number of benzene rings is 2. The molecule has 1 fully saturated rings. The predicted octanol–water partition coefficient (Wildman–Crippen LogP) is 3.13. The molecule has 1 aliphatic heterocycles. The van der Waals surface area contributed by atoms with E-state index in [-0.39, 0.29) is 29.1 Å². The first-order valence-electron chi connectivity index (χ1n) is 10.7. The van der Waals surface area contributed by atoms with E-state index in [9.17, 15) is 19.6 Å². The molecule has 0 spiro atoms. The van der Waals surface area contributed by atoms with Gasteiger partial charge in [-0.3, -0.25) is 14.4 Å². The molecule has 1 saturated heterocycles. The van der Waals surface area contributed by atoms with Crippen LogP contribution in [0.4, 0.5) is 14.5 Å². The van der Waals surface area contributed by atoms with Crippen LogP contribution in [0.1, 0.15) is 27.4 Å². The number of nitrogens with zero attached hydrogens (tertiary/aromatic N) is 3. The number of nitriles is 1. The first-order valence-corrected chi connectivity index (χ1v) is 11.0. The molecule has 0 aliphatic carbocycles. The standard InChI is InChI=1S/C25H19ClF2N4O4/c1-31-8-7-14(11-29)22(25(31)35)32-12-17(20-18(27)9-16(36-2)10-19(20)28)21(24(32)34)30-23(33)13-3-5-15(26)6-4-13/h3-10,17,21H,12H2,1-2H3,(H,30,33)/t17-,21-/m0/s1. The maximum atomic E-state index is 15.1. The Morgan fingerprint density at radius 1 is 1.17 bits per heavy atom. The fourth-order valence-corrected chi connectivity index (χ4v) is 4.31. The number of aryl methyl sites for hydroxylation is 1. The van der Waals surface area contributed by atoms with Crippen LogP contribution >= 0.6 is 11.6 Å². The highest BCUT2D eigenvalue weighted by Crippen LogP contribution is 2.36. The Morgan fingerprint density at radius 2 is 1.81 bits per heavy atom. The van der Waals surface area contributed by atoms with E-state index in [0.29, 0.717) is 5.02 Å². The van der Waals surface area contributed by atoms with Crippen molar-refractivity contribution < 1.29 is 23.1 Å². The minimum Gasteiger partial charge on any atom is -0.497 e. The minimum atomic E-state index is -1.44. The van der Waals surface area contributed by atoms with Gasteiger partial charge in [-0.05, 0) is 30.3 Å². The number of methoxy groups -OCH3 is 1. The lowest BCUT2D eigenvalue weighted by Gasteiger charge is -2.20. The van der Waals surface area contributed by atoms with E-state index in [1.807, 2.05) is 6.07 Å². The number of hydrogen-bond acceptors (Lipinski definition) is 5. The van der Waals surface area contributed by atoms with Gasteiger partial charge in [-0.1, -0.05) is 11.6 Å². The van der Waals surface area contributed by atoms with Crippen molar-refractivity contribution >= 4 is 29.1 Å². The van der Waals surface area contributed by atoms with E-state index in [0.717, 1.165) is 17.0 Å². The molecule has 2 heterocycles. The average molecular weight is 513 g/mol. The number of ether oxygens (including phenoxy) is 1. The number of halogens is 3. The number of hydrogen-bond donors (Lipinski definition) is 1. The molecule has 0 unspecified atom stereocenters. The summed E-state index contributed by atoms with van der Waals surface area (Å²) in [6.45, 7) is -0.363. The molecule has 0 saturated carbocycles. The molecular weight excluding hydrogens is 494 g/mol. The van der Waals surface area contributed by atoms with Gasteiger partial charge in [0, 0.05) is 54.0 Å². The maximum Gasteiger partial charge on any atom is 0.275 e. The highest BCUT2D eigenvalue weighted by molar-refractivity contribution is 6.30. The molecule has 1 aliphatic rings. The van der Waals surface area contributed by atoms with Crippen molar-refractivity contribution in [2.24, 2.45) is 7.05 Å². The lowest BCUT2D eigenvalue weighted by molar-refractivity contribution is -0.118. The van der Waals surface area contributed by atoms with Crippen LogP contribution in [0.2, 0.25) is 5.02 Å². The van der Waals surface area contributed by atoms with Crippen LogP contribution in [0.25, 0.3) is 0 Å². The van der Waals surface area contributed by atoms with Crippen molar-refractivity contribution in [2.45, 2.75) is 12.0 Å². The number of carbonyl (C=O) groups is 2. The molecular formula is C25H19ClF2N4O4. The second-order valence-electron chi connectivity index (χ2n) is 8.12. The van der Waals surface area contributed by atoms with Gasteiger partial charge in [0.25, 0.3) is 11.5 Å². The minimum absolute atomic E-state index is 0.0691. The van der Waals surface area contributed by atoms with Crippen LogP contribution in [-0.4, -0.2) is 36.1 Å². The highest BCUT2D eigenvalue weighted by Gasteiger charge is 2.46. The van der Waals surface area contributed by atoms with Crippen molar-refractivity contribution in [2.75, 3.05) is 18.6 Å². The lowest BCUT2D eigenvalue weighted by atomic mass is 9.92. The Labute approximate surface area is 209 Å². The number of carbonyl (C=O) groups excluding carboxylic acids is 2. The van der Waals surface area contributed by atoms with Gasteiger partial charge in [-0.2, -0.15) is 5.26 Å². The molecule has 0 radical (unpaired) electrons. The molecule has 2 atom stereocenters. The van der Waals surface area contributed by atoms with Gasteiger partial charge in [0.2, 0.25) is 5.91 Å². The first-order chi connectivity index (χ1) is 17.2. The highest BCUT2D eigenvalue weighted by atomic mass is 35.5. The second-order valence-corrected chi connectivity index (χ2v) is 8.56. The molecule has 184 valence electrons. The molecule has 2 amide bonds. The first kappa shape index (κ1) is 24.9. The molecule has 4 rings (SSSR count). The van der Waals surface area contributed by atoms with E-state index < -0.39 is 46.5 Å². The van der Waals surface area contributed by atoms with Crippen LogP contribution in [-0.2, 0) is 11.8 Å². The van der Waals surface area contributed by atoms with Crippen molar-refractivity contribution in [3.8, 4) is 11.8 Å².